The lowest BCUT2D eigenvalue weighted by Gasteiger charge is -2.31. The van der Waals surface area contributed by atoms with Gasteiger partial charge >= 0.3 is 0 Å². The van der Waals surface area contributed by atoms with E-state index in [2.05, 4.69) is 4.99 Å². The van der Waals surface area contributed by atoms with E-state index < -0.39 is 27.6 Å². The maximum atomic E-state index is 14.5. The number of sulfonamides is 1. The van der Waals surface area contributed by atoms with Crippen LogP contribution in [0, 0.1) is 21.1 Å². The van der Waals surface area contributed by atoms with Crippen LogP contribution in [0.1, 0.15) is 40.7 Å². The number of carbonyl (C=O) groups excluding carboxylic acids is 1. The summed E-state index contributed by atoms with van der Waals surface area (Å²) in [7, 11) is -3.68. The molecule has 1 unspecified atom stereocenters. The molecule has 2 aliphatic heterocycles. The minimum Gasteiger partial charge on any atom is -0.492 e. The number of piperidine rings is 1. The van der Waals surface area contributed by atoms with Gasteiger partial charge in [-0.05, 0) is 70.8 Å². The van der Waals surface area contributed by atoms with Crippen molar-refractivity contribution in [3.63, 3.8) is 0 Å². The molecule has 1 amide bonds. The highest BCUT2D eigenvalue weighted by Gasteiger charge is 2.33. The van der Waals surface area contributed by atoms with Crippen molar-refractivity contribution in [2.45, 2.75) is 25.7 Å². The smallest absolute Gasteiger partial charge is 0.260 e. The third kappa shape index (κ3) is 5.89. The van der Waals surface area contributed by atoms with Gasteiger partial charge in [0, 0.05) is 47.7 Å². The molecule has 0 radical (unpaired) electrons. The van der Waals surface area contributed by atoms with Crippen LogP contribution in [0.3, 0.4) is 0 Å². The lowest BCUT2D eigenvalue weighted by atomic mass is 9.97. The maximum Gasteiger partial charge on any atom is 0.260 e. The number of halogens is 3. The molecule has 1 fully saturated rings. The van der Waals surface area contributed by atoms with Crippen molar-refractivity contribution < 1.29 is 26.7 Å². The number of aliphatic imine (C=N–C) groups is 1. The Balaban J connectivity index is 1.53. The van der Waals surface area contributed by atoms with Gasteiger partial charge in [0.25, 0.3) is 15.9 Å². The fourth-order valence-corrected chi connectivity index (χ4v) is 6.29. The quantitative estimate of drug-likeness (QED) is 0.454. The molecule has 35 heavy (non-hydrogen) atoms. The van der Waals surface area contributed by atoms with Crippen molar-refractivity contribution >= 4 is 44.7 Å². The zero-order chi connectivity index (χ0) is 25.2. The molecule has 0 bridgehead atoms. The molecular weight excluding hydrogens is 591 g/mol. The predicted octanol–water partition coefficient (Wildman–Crippen LogP) is 4.00. The van der Waals surface area contributed by atoms with Gasteiger partial charge in [-0.25, -0.2) is 22.2 Å². The highest BCUT2D eigenvalue weighted by Crippen LogP contribution is 2.30. The van der Waals surface area contributed by atoms with E-state index in [4.69, 9.17) is 10.5 Å². The van der Waals surface area contributed by atoms with Crippen LogP contribution in [0.2, 0.25) is 0 Å². The molecule has 0 saturated carbocycles. The minimum absolute atomic E-state index is 0.0184. The number of amides is 1. The Kier molecular flexibility index (Phi) is 7.86. The second-order valence-corrected chi connectivity index (χ2v) is 11.6. The highest BCUT2D eigenvalue weighted by atomic mass is 127. The maximum absolute atomic E-state index is 14.5. The van der Waals surface area contributed by atoms with Crippen molar-refractivity contribution in [3.05, 3.63) is 73.3 Å². The van der Waals surface area contributed by atoms with Gasteiger partial charge in [-0.2, -0.15) is 4.31 Å². The normalized spacial score (nSPS) is 18.5. The molecule has 2 aromatic rings. The van der Waals surface area contributed by atoms with Gasteiger partial charge in [0.05, 0.1) is 12.2 Å². The van der Waals surface area contributed by atoms with Crippen molar-refractivity contribution in [3.8, 4) is 5.75 Å². The first kappa shape index (κ1) is 25.7. The van der Waals surface area contributed by atoms with Gasteiger partial charge in [-0.3, -0.25) is 4.79 Å². The molecule has 0 aromatic heterocycles. The third-order valence-corrected chi connectivity index (χ3v) is 8.45. The number of nitrogens with two attached hydrogens (primary N) is 1. The second-order valence-electron chi connectivity index (χ2n) is 8.49. The van der Waals surface area contributed by atoms with Crippen LogP contribution in [0.5, 0.6) is 5.75 Å². The van der Waals surface area contributed by atoms with E-state index in [-0.39, 0.29) is 47.4 Å². The summed E-state index contributed by atoms with van der Waals surface area (Å²) >= 11 is 1.99. The number of rotatable bonds is 8. The Morgan fingerprint density at radius 3 is 2.71 bits per heavy atom. The lowest BCUT2D eigenvalue weighted by molar-refractivity contribution is 0.0993. The Morgan fingerprint density at radius 2 is 2.03 bits per heavy atom. The van der Waals surface area contributed by atoms with Crippen molar-refractivity contribution in [2.75, 3.05) is 19.7 Å². The number of allylic oxidation sites excluding steroid dienone is 1. The van der Waals surface area contributed by atoms with Crippen molar-refractivity contribution in [1.29, 1.82) is 0 Å². The third-order valence-electron chi connectivity index (χ3n) is 5.97. The van der Waals surface area contributed by atoms with Crippen LogP contribution in [-0.2, 0) is 16.4 Å². The van der Waals surface area contributed by atoms with E-state index >= 15 is 0 Å². The topological polar surface area (TPSA) is 102 Å². The standard InChI is InChI=1S/C24H24F2IN3O4S/c25-18-10-17(9-16-5-6-19(27)12-20(16)26)23(24(28)31)21(11-18)34-14-15-3-2-8-30(13-15)35(32,33)22-4-1-7-29-22/h4-7,10-12,15H,1-3,8-9,13-14H2,(H2,28,31). The first-order chi connectivity index (χ1) is 16.6. The van der Waals surface area contributed by atoms with Gasteiger partial charge in [0.1, 0.15) is 17.4 Å². The SMILES string of the molecule is NC(=O)c1c(Cc2ccc(I)cc2F)cc(F)cc1OCC1CCCN(S(=O)(=O)C2=CCC=N2)C1. The molecule has 186 valence electrons. The minimum atomic E-state index is -3.68. The monoisotopic (exact) mass is 615 g/mol. The Bertz CT molecular complexity index is 1310. The largest absolute Gasteiger partial charge is 0.492 e. The van der Waals surface area contributed by atoms with Crippen LogP contribution in [-0.4, -0.2) is 44.5 Å². The zero-order valence-corrected chi connectivity index (χ0v) is 21.7. The molecule has 0 aliphatic carbocycles. The van der Waals surface area contributed by atoms with Crippen LogP contribution in [0.4, 0.5) is 8.78 Å². The first-order valence-corrected chi connectivity index (χ1v) is 13.6. The molecule has 11 heteroatoms. The molecule has 2 aliphatic rings. The molecule has 1 saturated heterocycles. The fraction of sp³-hybridized carbons (Fsp3) is 0.333. The zero-order valence-electron chi connectivity index (χ0n) is 18.7. The summed E-state index contributed by atoms with van der Waals surface area (Å²) in [5.74, 6) is -2.15. The molecule has 2 aromatic carbocycles. The van der Waals surface area contributed by atoms with Crippen LogP contribution < -0.4 is 10.5 Å². The molecule has 4 rings (SSSR count). The van der Waals surface area contributed by atoms with Gasteiger partial charge < -0.3 is 10.5 Å². The van der Waals surface area contributed by atoms with Crippen LogP contribution in [0.25, 0.3) is 0 Å². The average Bonchev–Trinajstić information content (AvgIpc) is 3.35. The molecule has 2 N–H and O–H groups in total. The molecular formula is C24H24F2IN3O4S. The highest BCUT2D eigenvalue weighted by molar-refractivity contribution is 14.1. The van der Waals surface area contributed by atoms with E-state index in [1.165, 1.54) is 10.4 Å². The Labute approximate surface area is 216 Å². The van der Waals surface area contributed by atoms with Gasteiger partial charge in [0.15, 0.2) is 5.03 Å². The van der Waals surface area contributed by atoms with Crippen molar-refractivity contribution in [2.24, 2.45) is 16.6 Å². The van der Waals surface area contributed by atoms with Crippen molar-refractivity contribution in [1.82, 2.24) is 4.31 Å². The van der Waals surface area contributed by atoms with E-state index in [9.17, 15) is 22.0 Å². The number of ether oxygens (including phenoxy) is 1. The number of benzene rings is 2. The number of nitrogens with zero attached hydrogens (tertiary/aromatic N) is 2. The summed E-state index contributed by atoms with van der Waals surface area (Å²) in [6.07, 6.45) is 4.90. The molecule has 7 nitrogen and oxygen atoms in total. The molecule has 2 heterocycles. The Hall–Kier alpha value is -2.38. The van der Waals surface area contributed by atoms with Crippen LogP contribution in [0.15, 0.2) is 46.4 Å². The summed E-state index contributed by atoms with van der Waals surface area (Å²) < 4.78 is 62.4. The first-order valence-electron chi connectivity index (χ1n) is 11.1. The second kappa shape index (κ2) is 10.7. The number of hydrogen-bond acceptors (Lipinski definition) is 5. The number of carbonyl (C=O) groups is 1. The molecule has 0 spiro atoms. The van der Waals surface area contributed by atoms with Gasteiger partial charge in [-0.1, -0.05) is 6.07 Å². The van der Waals surface area contributed by atoms with Gasteiger partial charge in [0.2, 0.25) is 0 Å². The summed E-state index contributed by atoms with van der Waals surface area (Å²) in [4.78, 5) is 16.2. The summed E-state index contributed by atoms with van der Waals surface area (Å²) in [5, 5.41) is 0.0488. The van der Waals surface area contributed by atoms with E-state index in [1.54, 1.807) is 24.4 Å². The van der Waals surface area contributed by atoms with Crippen LogP contribution >= 0.6 is 22.6 Å². The van der Waals surface area contributed by atoms with E-state index in [1.807, 2.05) is 22.6 Å². The lowest BCUT2D eigenvalue weighted by Crippen LogP contribution is -2.41. The fourth-order valence-electron chi connectivity index (χ4n) is 4.28. The molecule has 1 atom stereocenters. The average molecular weight is 615 g/mol. The Morgan fingerprint density at radius 1 is 1.23 bits per heavy atom. The summed E-state index contributed by atoms with van der Waals surface area (Å²) in [5.41, 5.74) is 6.08. The van der Waals surface area contributed by atoms with E-state index in [0.29, 0.717) is 34.9 Å². The number of hydrogen-bond donors (Lipinski definition) is 1. The predicted molar refractivity (Wildman–Crippen MR) is 137 cm³/mol. The van der Waals surface area contributed by atoms with Gasteiger partial charge in [-0.15, -0.1) is 0 Å². The number of primary amides is 1. The van der Waals surface area contributed by atoms with E-state index in [0.717, 1.165) is 12.1 Å². The summed E-state index contributed by atoms with van der Waals surface area (Å²) in [6.45, 7) is 0.663. The summed E-state index contributed by atoms with van der Waals surface area (Å²) in [6, 6.07) is 6.87.